The number of carboxylic acids is 1. The number of hydrogen-bond acceptors (Lipinski definition) is 4. The number of methoxy groups -OCH3 is 1. The van der Waals surface area contributed by atoms with Crippen LogP contribution in [0.25, 0.3) is 5.57 Å². The zero-order valence-corrected chi connectivity index (χ0v) is 14.7. The van der Waals surface area contributed by atoms with E-state index in [-0.39, 0.29) is 0 Å². The van der Waals surface area contributed by atoms with Crippen LogP contribution in [0, 0.1) is 5.92 Å². The van der Waals surface area contributed by atoms with Gasteiger partial charge in [0.25, 0.3) is 5.11 Å². The molecule has 5 nitrogen and oxygen atoms in total. The van der Waals surface area contributed by atoms with E-state index < -0.39 is 5.97 Å². The molecule has 4 N–H and O–H groups in total. The van der Waals surface area contributed by atoms with E-state index in [9.17, 15) is 0 Å². The topological polar surface area (TPSA) is 89.0 Å². The molecular formula is C17H24N2O3S. The minimum atomic E-state index is -1.08. The Bertz CT molecular complexity index is 596. The lowest BCUT2D eigenvalue weighted by atomic mass is 9.81. The molecule has 0 amide bonds. The van der Waals surface area contributed by atoms with Gasteiger partial charge in [-0.3, -0.25) is 0 Å². The highest BCUT2D eigenvalue weighted by Gasteiger charge is 2.19. The Hall–Kier alpha value is -1.92. The summed E-state index contributed by atoms with van der Waals surface area (Å²) < 4.78 is 5.31. The van der Waals surface area contributed by atoms with Gasteiger partial charge in [-0.1, -0.05) is 19.1 Å². The molecule has 1 atom stereocenters. The van der Waals surface area contributed by atoms with Crippen LogP contribution in [0.4, 0.5) is 0 Å². The Morgan fingerprint density at radius 3 is 2.74 bits per heavy atom. The van der Waals surface area contributed by atoms with Gasteiger partial charge < -0.3 is 25.7 Å². The Kier molecular flexibility index (Phi) is 7.71. The number of hydrogen-bond donors (Lipinski definition) is 2. The van der Waals surface area contributed by atoms with Gasteiger partial charge in [-0.15, -0.1) is 0 Å². The number of carboxylic acid groups (broad SMARTS) is 1. The molecule has 0 spiro atoms. The Labute approximate surface area is 142 Å². The molecule has 1 aromatic rings. The van der Waals surface area contributed by atoms with Crippen molar-refractivity contribution in [2.45, 2.75) is 26.7 Å². The fourth-order valence-corrected chi connectivity index (χ4v) is 2.68. The van der Waals surface area contributed by atoms with Crippen molar-refractivity contribution in [3.8, 4) is 5.75 Å². The molecule has 126 valence electrons. The molecular weight excluding hydrogens is 312 g/mol. The van der Waals surface area contributed by atoms with Crippen LogP contribution < -0.4 is 20.9 Å². The number of carbonyl (C=O) groups is 1. The molecule has 0 aromatic heterocycles. The molecule has 1 aromatic carbocycles. The number of carbonyl (C=O) groups excluding carboxylic acids is 1. The van der Waals surface area contributed by atoms with Crippen LogP contribution in [-0.2, 0) is 11.2 Å². The number of benzene rings is 1. The zero-order chi connectivity index (χ0) is 17.4. The van der Waals surface area contributed by atoms with Gasteiger partial charge in [0.15, 0.2) is 0 Å². The van der Waals surface area contributed by atoms with Crippen LogP contribution >= 0.6 is 12.2 Å². The third-order valence-electron chi connectivity index (χ3n) is 3.44. The van der Waals surface area contributed by atoms with Crippen LogP contribution in [0.2, 0.25) is 0 Å². The van der Waals surface area contributed by atoms with Crippen molar-refractivity contribution in [3.05, 3.63) is 35.4 Å². The molecule has 23 heavy (non-hydrogen) atoms. The lowest BCUT2D eigenvalue weighted by Crippen LogP contribution is -2.62. The van der Waals surface area contributed by atoms with Crippen LogP contribution in [0.15, 0.2) is 24.3 Å². The van der Waals surface area contributed by atoms with Crippen molar-refractivity contribution in [2.24, 2.45) is 5.92 Å². The predicted molar refractivity (Wildman–Crippen MR) is 92.6 cm³/mol. The van der Waals surface area contributed by atoms with E-state index in [1.54, 1.807) is 7.11 Å². The molecule has 0 aliphatic heterocycles. The average Bonchev–Trinajstić information content (AvgIpc) is 2.45. The maximum Gasteiger partial charge on any atom is 0.265 e. The molecule has 0 fully saturated rings. The van der Waals surface area contributed by atoms with Crippen molar-refractivity contribution < 1.29 is 20.4 Å². The largest absolute Gasteiger partial charge is 0.550 e. The van der Waals surface area contributed by atoms with Crippen molar-refractivity contribution in [1.82, 2.24) is 5.32 Å². The van der Waals surface area contributed by atoms with E-state index in [0.717, 1.165) is 32.1 Å². The molecule has 1 unspecified atom stereocenters. The first-order valence-corrected chi connectivity index (χ1v) is 7.88. The second-order valence-corrected chi connectivity index (χ2v) is 6.05. The molecule has 0 saturated heterocycles. The molecule has 2 rings (SSSR count). The van der Waals surface area contributed by atoms with Gasteiger partial charge in [0, 0.05) is 24.7 Å². The second kappa shape index (κ2) is 9.27. The Balaban J connectivity index is 0.000000593. The summed E-state index contributed by atoms with van der Waals surface area (Å²) in [7, 11) is 1.71. The van der Waals surface area contributed by atoms with E-state index in [1.165, 1.54) is 16.7 Å². The maximum absolute atomic E-state index is 8.89. The molecule has 1 aliphatic rings. The van der Waals surface area contributed by atoms with Crippen molar-refractivity contribution in [1.29, 1.82) is 0 Å². The first-order chi connectivity index (χ1) is 10.8. The maximum atomic E-state index is 8.89. The summed E-state index contributed by atoms with van der Waals surface area (Å²) in [5.41, 5.74) is 7.79. The normalized spacial score (nSPS) is 17.6. The van der Waals surface area contributed by atoms with Gasteiger partial charge >= 0.3 is 0 Å². The van der Waals surface area contributed by atoms with Gasteiger partial charge in [0.1, 0.15) is 5.75 Å². The van der Waals surface area contributed by atoms with Crippen molar-refractivity contribution in [3.63, 3.8) is 0 Å². The van der Waals surface area contributed by atoms with Crippen molar-refractivity contribution in [2.75, 3.05) is 13.7 Å². The number of aliphatic carboxylic acids is 1. The summed E-state index contributed by atoms with van der Waals surface area (Å²) in [5, 5.41) is 12.6. The molecule has 0 saturated carbocycles. The summed E-state index contributed by atoms with van der Waals surface area (Å²) in [6.45, 7) is 4.01. The number of fused-ring (bicyclic) bond motifs is 1. The molecule has 0 radical (unpaired) electrons. The minimum Gasteiger partial charge on any atom is -0.550 e. The number of rotatable bonds is 3. The lowest BCUT2D eigenvalue weighted by Gasteiger charge is -2.25. The highest BCUT2D eigenvalue weighted by atomic mass is 32.1. The third-order valence-corrected chi connectivity index (χ3v) is 3.59. The van der Waals surface area contributed by atoms with Gasteiger partial charge in [0.05, 0.1) is 7.11 Å². The number of nitrogens with one attached hydrogen (secondary N) is 1. The van der Waals surface area contributed by atoms with Crippen LogP contribution in [0.1, 0.15) is 31.4 Å². The van der Waals surface area contributed by atoms with Gasteiger partial charge in [-0.05, 0) is 54.5 Å². The van der Waals surface area contributed by atoms with E-state index in [4.69, 9.17) is 26.9 Å². The van der Waals surface area contributed by atoms with Gasteiger partial charge in [-0.2, -0.15) is 0 Å². The quantitative estimate of drug-likeness (QED) is 0.786. The average molecular weight is 336 g/mol. The minimum absolute atomic E-state index is 0.593. The monoisotopic (exact) mass is 336 g/mol. The Morgan fingerprint density at radius 1 is 1.52 bits per heavy atom. The number of quaternary nitrogens is 1. The fraction of sp³-hybridized carbons (Fsp3) is 0.412. The zero-order valence-electron chi connectivity index (χ0n) is 13.8. The predicted octanol–water partition coefficient (Wildman–Crippen LogP) is 0.534. The second-order valence-electron chi connectivity index (χ2n) is 5.56. The van der Waals surface area contributed by atoms with Crippen molar-refractivity contribution >= 4 is 28.9 Å². The molecule has 0 bridgehead atoms. The first-order valence-electron chi connectivity index (χ1n) is 7.47. The van der Waals surface area contributed by atoms with E-state index in [0.29, 0.717) is 11.0 Å². The number of thiocarbonyl (C=S) groups is 1. The fourth-order valence-electron chi connectivity index (χ4n) is 2.59. The van der Waals surface area contributed by atoms with Gasteiger partial charge in [-0.25, -0.2) is 0 Å². The summed E-state index contributed by atoms with van der Waals surface area (Å²) in [6, 6.07) is 6.34. The summed E-state index contributed by atoms with van der Waals surface area (Å²) >= 11 is 4.93. The van der Waals surface area contributed by atoms with E-state index >= 15 is 0 Å². The Morgan fingerprint density at radius 2 is 2.17 bits per heavy atom. The lowest BCUT2D eigenvalue weighted by molar-refractivity contribution is -0.302. The first kappa shape index (κ1) is 19.1. The highest BCUT2D eigenvalue weighted by molar-refractivity contribution is 7.79. The number of allylic oxidation sites excluding steroid dienone is 1. The van der Waals surface area contributed by atoms with E-state index in [2.05, 4.69) is 36.2 Å². The molecule has 1 aliphatic carbocycles. The summed E-state index contributed by atoms with van der Waals surface area (Å²) in [5.74, 6) is 0.516. The SMILES string of the molecule is CC(=O)[O-].COc1ccc2c(c1)CC(C)CC2=CCNC([NH3+])=S. The smallest absolute Gasteiger partial charge is 0.265 e. The highest BCUT2D eigenvalue weighted by Crippen LogP contribution is 2.35. The third kappa shape index (κ3) is 6.80. The number of ether oxygens (including phenoxy) is 1. The summed E-state index contributed by atoms with van der Waals surface area (Å²) in [6.07, 6.45) is 4.45. The van der Waals surface area contributed by atoms with Gasteiger partial charge in [0.2, 0.25) is 0 Å². The summed E-state index contributed by atoms with van der Waals surface area (Å²) in [4.78, 5) is 8.89. The van der Waals surface area contributed by atoms with Crippen LogP contribution in [-0.4, -0.2) is 24.7 Å². The van der Waals surface area contributed by atoms with E-state index in [1.807, 2.05) is 6.07 Å². The molecule has 6 heteroatoms. The van der Waals surface area contributed by atoms with Crippen LogP contribution in [0.5, 0.6) is 5.75 Å². The van der Waals surface area contributed by atoms with Crippen LogP contribution in [0.3, 0.4) is 0 Å². The molecule has 0 heterocycles. The standard InChI is InChI=1S/C15H20N2OS.C2H4O2/c1-10-7-11(5-6-17-15(16)19)14-4-3-13(18-2)9-12(14)8-10;1-2(3)4/h3-5,9-10H,6-8H2,1-2H3,(H3,16,17,19);1H3,(H,3,4).